The predicted octanol–water partition coefficient (Wildman–Crippen LogP) is 3.41. The molecule has 2 aromatic rings. The topological polar surface area (TPSA) is 90.4 Å². The maximum absolute atomic E-state index is 11.4. The molecule has 0 aliphatic heterocycles. The number of H-pyrrole nitrogens is 1. The molecule has 1 aromatic heterocycles. The number of benzene rings is 1. The van der Waals surface area contributed by atoms with E-state index in [0.717, 1.165) is 23.8 Å². The van der Waals surface area contributed by atoms with Crippen LogP contribution in [0.15, 0.2) is 12.1 Å². The number of halogens is 1. The zero-order valence-corrected chi connectivity index (χ0v) is 11.9. The number of carboxylic acid groups (broad SMARTS) is 2. The van der Waals surface area contributed by atoms with E-state index < -0.39 is 11.9 Å². The van der Waals surface area contributed by atoms with Crippen molar-refractivity contribution in [3.05, 3.63) is 34.0 Å². The van der Waals surface area contributed by atoms with Crippen LogP contribution in [0.25, 0.3) is 10.9 Å². The summed E-state index contributed by atoms with van der Waals surface area (Å²) >= 11 is 6.25. The number of carboxylic acids is 2. The molecule has 0 unspecified atom stereocenters. The van der Waals surface area contributed by atoms with Gasteiger partial charge in [0.05, 0.1) is 10.5 Å². The molecule has 0 saturated heterocycles. The number of carbonyl (C=O) groups is 2. The van der Waals surface area contributed by atoms with Gasteiger partial charge in [0.25, 0.3) is 0 Å². The molecule has 5 nitrogen and oxygen atoms in total. The lowest BCUT2D eigenvalue weighted by Gasteiger charge is -2.03. The minimum Gasteiger partial charge on any atom is -0.481 e. The van der Waals surface area contributed by atoms with Gasteiger partial charge in [-0.25, -0.2) is 4.79 Å². The Balaban J connectivity index is 2.16. The molecule has 1 fully saturated rings. The number of rotatable bonds is 5. The second kappa shape index (κ2) is 5.07. The highest BCUT2D eigenvalue weighted by atomic mass is 35.5. The minimum absolute atomic E-state index is 0.0288. The van der Waals surface area contributed by atoms with Gasteiger partial charge in [-0.15, -0.1) is 0 Å². The maximum atomic E-state index is 11.4. The Kier molecular flexibility index (Phi) is 3.37. The quantitative estimate of drug-likeness (QED) is 0.789. The van der Waals surface area contributed by atoms with Crippen LogP contribution in [-0.2, 0) is 11.2 Å². The second-order valence-electron chi connectivity index (χ2n) is 5.38. The van der Waals surface area contributed by atoms with Crippen molar-refractivity contribution in [3.63, 3.8) is 0 Å². The fourth-order valence-electron chi connectivity index (χ4n) is 2.65. The van der Waals surface area contributed by atoms with E-state index in [2.05, 4.69) is 4.98 Å². The van der Waals surface area contributed by atoms with Crippen molar-refractivity contribution in [2.75, 3.05) is 0 Å². The van der Waals surface area contributed by atoms with Crippen LogP contribution in [0.5, 0.6) is 0 Å². The highest BCUT2D eigenvalue weighted by Crippen LogP contribution is 2.43. The largest absolute Gasteiger partial charge is 0.481 e. The van der Waals surface area contributed by atoms with Crippen molar-refractivity contribution in [1.29, 1.82) is 0 Å². The summed E-state index contributed by atoms with van der Waals surface area (Å²) < 4.78 is 0. The number of aliphatic carboxylic acids is 1. The van der Waals surface area contributed by atoms with E-state index in [1.807, 2.05) is 12.1 Å². The van der Waals surface area contributed by atoms with E-state index in [0.29, 0.717) is 22.0 Å². The molecule has 3 rings (SSSR count). The van der Waals surface area contributed by atoms with Crippen LogP contribution < -0.4 is 0 Å². The molecule has 0 radical (unpaired) electrons. The maximum Gasteiger partial charge on any atom is 0.352 e. The molecule has 1 aromatic carbocycles. The molecule has 21 heavy (non-hydrogen) atoms. The van der Waals surface area contributed by atoms with Crippen molar-refractivity contribution in [3.8, 4) is 0 Å². The van der Waals surface area contributed by atoms with Gasteiger partial charge in [-0.2, -0.15) is 0 Å². The third kappa shape index (κ3) is 2.61. The Morgan fingerprint density at radius 3 is 2.57 bits per heavy atom. The van der Waals surface area contributed by atoms with Gasteiger partial charge in [0.2, 0.25) is 0 Å². The Morgan fingerprint density at radius 2 is 2.00 bits per heavy atom. The molecule has 1 aliphatic rings. The molecule has 0 atom stereocenters. The van der Waals surface area contributed by atoms with Crippen molar-refractivity contribution in [2.45, 2.75) is 31.6 Å². The van der Waals surface area contributed by atoms with Gasteiger partial charge in [-0.1, -0.05) is 11.6 Å². The second-order valence-corrected chi connectivity index (χ2v) is 5.78. The zero-order chi connectivity index (χ0) is 15.1. The molecule has 0 bridgehead atoms. The highest BCUT2D eigenvalue weighted by Gasteiger charge is 2.26. The first-order valence-corrected chi connectivity index (χ1v) is 7.14. The number of hydrogen-bond donors (Lipinski definition) is 3. The molecule has 1 heterocycles. The Bertz CT molecular complexity index is 746. The lowest BCUT2D eigenvalue weighted by Crippen LogP contribution is -2.04. The summed E-state index contributed by atoms with van der Waals surface area (Å²) in [5, 5.41) is 19.3. The molecule has 110 valence electrons. The summed E-state index contributed by atoms with van der Waals surface area (Å²) in [6.07, 6.45) is 2.28. The normalized spacial score (nSPS) is 14.5. The summed E-state index contributed by atoms with van der Waals surface area (Å²) in [7, 11) is 0. The lowest BCUT2D eigenvalue weighted by molar-refractivity contribution is -0.136. The van der Waals surface area contributed by atoms with Crippen LogP contribution >= 0.6 is 11.6 Å². The van der Waals surface area contributed by atoms with Crippen LogP contribution in [0, 0.1) is 0 Å². The first kappa shape index (κ1) is 13.9. The molecule has 6 heteroatoms. The summed E-state index contributed by atoms with van der Waals surface area (Å²) in [6, 6.07) is 3.81. The zero-order valence-electron chi connectivity index (χ0n) is 11.1. The average Bonchev–Trinajstić information content (AvgIpc) is 3.18. The predicted molar refractivity (Wildman–Crippen MR) is 78.2 cm³/mol. The third-order valence-corrected chi connectivity index (χ3v) is 4.14. The van der Waals surface area contributed by atoms with E-state index in [9.17, 15) is 14.7 Å². The van der Waals surface area contributed by atoms with Gasteiger partial charge in [0, 0.05) is 11.8 Å². The first-order valence-electron chi connectivity index (χ1n) is 6.76. The standard InChI is InChI=1S/C15H14ClNO4/c16-11-6-8(7-1-2-7)5-10-9(3-4-12(18)19)14(15(20)21)17-13(10)11/h5-7,17H,1-4H2,(H,18,19)(H,20,21). The molecule has 0 amide bonds. The average molecular weight is 308 g/mol. The number of aryl methyl sites for hydroxylation is 1. The Hall–Kier alpha value is -2.01. The van der Waals surface area contributed by atoms with Crippen molar-refractivity contribution >= 4 is 34.4 Å². The van der Waals surface area contributed by atoms with E-state index >= 15 is 0 Å². The van der Waals surface area contributed by atoms with Crippen molar-refractivity contribution in [2.24, 2.45) is 0 Å². The van der Waals surface area contributed by atoms with Gasteiger partial charge in [0.15, 0.2) is 0 Å². The fourth-order valence-corrected chi connectivity index (χ4v) is 2.93. The first-order chi connectivity index (χ1) is 9.97. The molecular weight excluding hydrogens is 294 g/mol. The third-order valence-electron chi connectivity index (χ3n) is 3.84. The van der Waals surface area contributed by atoms with Crippen molar-refractivity contribution in [1.82, 2.24) is 4.98 Å². The lowest BCUT2D eigenvalue weighted by atomic mass is 10.0. The molecule has 1 saturated carbocycles. The minimum atomic E-state index is -1.10. The van der Waals surface area contributed by atoms with Crippen LogP contribution in [0.2, 0.25) is 5.02 Å². The van der Waals surface area contributed by atoms with Crippen LogP contribution in [0.4, 0.5) is 0 Å². The Morgan fingerprint density at radius 1 is 1.29 bits per heavy atom. The van der Waals surface area contributed by atoms with Crippen LogP contribution in [-0.4, -0.2) is 27.1 Å². The number of aromatic amines is 1. The molecular formula is C15H14ClNO4. The summed E-state index contributed by atoms with van der Waals surface area (Å²) in [4.78, 5) is 25.0. The van der Waals surface area contributed by atoms with Gasteiger partial charge < -0.3 is 15.2 Å². The van der Waals surface area contributed by atoms with E-state index in [4.69, 9.17) is 16.7 Å². The summed E-state index contributed by atoms with van der Waals surface area (Å²) in [6.45, 7) is 0. The summed E-state index contributed by atoms with van der Waals surface area (Å²) in [5.74, 6) is -1.57. The number of fused-ring (bicyclic) bond motifs is 1. The number of aromatic carboxylic acids is 1. The number of nitrogens with one attached hydrogen (secondary N) is 1. The van der Waals surface area contributed by atoms with Gasteiger partial charge in [-0.05, 0) is 48.4 Å². The fraction of sp³-hybridized carbons (Fsp3) is 0.333. The van der Waals surface area contributed by atoms with Crippen molar-refractivity contribution < 1.29 is 19.8 Å². The molecule has 3 N–H and O–H groups in total. The van der Waals surface area contributed by atoms with E-state index in [1.165, 1.54) is 0 Å². The molecule has 0 spiro atoms. The van der Waals surface area contributed by atoms with Crippen LogP contribution in [0.3, 0.4) is 0 Å². The molecule has 1 aliphatic carbocycles. The number of hydrogen-bond acceptors (Lipinski definition) is 2. The smallest absolute Gasteiger partial charge is 0.352 e. The highest BCUT2D eigenvalue weighted by molar-refractivity contribution is 6.35. The van der Waals surface area contributed by atoms with E-state index in [1.54, 1.807) is 0 Å². The van der Waals surface area contributed by atoms with Gasteiger partial charge in [-0.3, -0.25) is 4.79 Å². The van der Waals surface area contributed by atoms with Gasteiger partial charge in [0.1, 0.15) is 5.69 Å². The van der Waals surface area contributed by atoms with E-state index in [-0.39, 0.29) is 18.5 Å². The monoisotopic (exact) mass is 307 g/mol. The van der Waals surface area contributed by atoms with Gasteiger partial charge >= 0.3 is 11.9 Å². The summed E-state index contributed by atoms with van der Waals surface area (Å²) in [5.41, 5.74) is 2.21. The Labute approximate surface area is 125 Å². The SMILES string of the molecule is O=C(O)CCc1c(C(=O)O)[nH]c2c(Cl)cc(C3CC3)cc12. The number of aromatic nitrogens is 1. The van der Waals surface area contributed by atoms with Crippen LogP contribution in [0.1, 0.15) is 46.8 Å².